The fourth-order valence-electron chi connectivity index (χ4n) is 2.18. The maximum atomic E-state index is 13.3. The Morgan fingerprint density at radius 3 is 2.90 bits per heavy atom. The molecule has 0 fully saturated rings. The highest BCUT2D eigenvalue weighted by molar-refractivity contribution is 6.33. The maximum Gasteiger partial charge on any atom is 0.125 e. The highest BCUT2D eigenvalue weighted by atomic mass is 35.5. The lowest BCUT2D eigenvalue weighted by Gasteiger charge is -2.19. The van der Waals surface area contributed by atoms with Crippen molar-refractivity contribution >= 4 is 17.3 Å². The molecule has 0 saturated carbocycles. The summed E-state index contributed by atoms with van der Waals surface area (Å²) in [5.74, 6) is -0.338. The van der Waals surface area contributed by atoms with Gasteiger partial charge in [0.15, 0.2) is 0 Å². The Balaban J connectivity index is 2.30. The molecule has 20 heavy (non-hydrogen) atoms. The average Bonchev–Trinajstić information content (AvgIpc) is 2.80. The SMILES string of the molecule is CCc1nn(C)cc1C(CN)Nc1cc(F)ccc1Cl. The number of nitrogens with two attached hydrogens (primary N) is 1. The number of nitrogens with zero attached hydrogens (tertiary/aromatic N) is 2. The Labute approximate surface area is 122 Å². The van der Waals surface area contributed by atoms with Gasteiger partial charge in [0.25, 0.3) is 0 Å². The van der Waals surface area contributed by atoms with Crippen molar-refractivity contribution in [3.63, 3.8) is 0 Å². The van der Waals surface area contributed by atoms with Gasteiger partial charge in [0, 0.05) is 25.4 Å². The van der Waals surface area contributed by atoms with E-state index in [0.717, 1.165) is 17.7 Å². The van der Waals surface area contributed by atoms with Crippen molar-refractivity contribution < 1.29 is 4.39 Å². The fourth-order valence-corrected chi connectivity index (χ4v) is 2.35. The van der Waals surface area contributed by atoms with Crippen molar-refractivity contribution in [1.29, 1.82) is 0 Å². The minimum Gasteiger partial charge on any atom is -0.376 e. The predicted octanol–water partition coefficient (Wildman–Crippen LogP) is 2.89. The number of aryl methyl sites for hydroxylation is 2. The van der Waals surface area contributed by atoms with E-state index >= 15 is 0 Å². The molecular formula is C14H18ClFN4. The van der Waals surface area contributed by atoms with E-state index in [4.69, 9.17) is 17.3 Å². The van der Waals surface area contributed by atoms with E-state index in [-0.39, 0.29) is 11.9 Å². The van der Waals surface area contributed by atoms with Gasteiger partial charge in [0.2, 0.25) is 0 Å². The van der Waals surface area contributed by atoms with Gasteiger partial charge >= 0.3 is 0 Å². The molecule has 0 amide bonds. The van der Waals surface area contributed by atoms with Gasteiger partial charge in [-0.1, -0.05) is 18.5 Å². The van der Waals surface area contributed by atoms with Crippen LogP contribution in [-0.4, -0.2) is 16.3 Å². The van der Waals surface area contributed by atoms with Gasteiger partial charge in [-0.25, -0.2) is 4.39 Å². The summed E-state index contributed by atoms with van der Waals surface area (Å²) in [4.78, 5) is 0. The third-order valence-corrected chi connectivity index (χ3v) is 3.47. The summed E-state index contributed by atoms with van der Waals surface area (Å²) in [6.45, 7) is 2.40. The van der Waals surface area contributed by atoms with Crippen LogP contribution in [0.25, 0.3) is 0 Å². The Kier molecular flexibility index (Phi) is 4.62. The normalized spacial score (nSPS) is 12.4. The monoisotopic (exact) mass is 296 g/mol. The van der Waals surface area contributed by atoms with Crippen LogP contribution in [0.3, 0.4) is 0 Å². The minimum atomic E-state index is -0.338. The number of aromatic nitrogens is 2. The zero-order valence-corrected chi connectivity index (χ0v) is 12.3. The molecule has 1 atom stereocenters. The second kappa shape index (κ2) is 6.24. The first-order valence-electron chi connectivity index (χ1n) is 6.49. The van der Waals surface area contributed by atoms with Gasteiger partial charge in [-0.15, -0.1) is 0 Å². The second-order valence-electron chi connectivity index (χ2n) is 4.62. The molecule has 0 aliphatic heterocycles. The van der Waals surface area contributed by atoms with Crippen molar-refractivity contribution in [2.24, 2.45) is 12.8 Å². The molecule has 1 aromatic heterocycles. The number of hydrogen-bond acceptors (Lipinski definition) is 3. The van der Waals surface area contributed by atoms with Gasteiger partial charge in [0.1, 0.15) is 5.82 Å². The summed E-state index contributed by atoms with van der Waals surface area (Å²) in [5.41, 5.74) is 8.36. The van der Waals surface area contributed by atoms with Crippen LogP contribution in [0.1, 0.15) is 24.2 Å². The number of benzene rings is 1. The standard InChI is InChI=1S/C14H18ClFN4/c1-3-12-10(8-20(2)19-12)14(7-17)18-13-6-9(16)4-5-11(13)15/h4-6,8,14,18H,3,7,17H2,1-2H3. The van der Waals surface area contributed by atoms with Crippen LogP contribution in [0, 0.1) is 5.82 Å². The lowest BCUT2D eigenvalue weighted by atomic mass is 10.1. The molecule has 0 aliphatic rings. The molecule has 1 heterocycles. The smallest absolute Gasteiger partial charge is 0.125 e. The largest absolute Gasteiger partial charge is 0.376 e. The van der Waals surface area contributed by atoms with Gasteiger partial charge < -0.3 is 11.1 Å². The second-order valence-corrected chi connectivity index (χ2v) is 5.02. The summed E-state index contributed by atoms with van der Waals surface area (Å²) in [6, 6.07) is 4.06. The molecule has 0 saturated heterocycles. The van der Waals surface area contributed by atoms with Crippen LogP contribution in [0.5, 0.6) is 0 Å². The number of nitrogens with one attached hydrogen (secondary N) is 1. The summed E-state index contributed by atoms with van der Waals surface area (Å²) < 4.78 is 15.1. The molecule has 2 rings (SSSR count). The van der Waals surface area contributed by atoms with Crippen molar-refractivity contribution in [3.8, 4) is 0 Å². The topological polar surface area (TPSA) is 55.9 Å². The first kappa shape index (κ1) is 14.8. The van der Waals surface area contributed by atoms with Gasteiger partial charge in [-0.2, -0.15) is 5.10 Å². The number of hydrogen-bond donors (Lipinski definition) is 2. The first-order valence-corrected chi connectivity index (χ1v) is 6.87. The van der Waals surface area contributed by atoms with Crippen LogP contribution in [0.4, 0.5) is 10.1 Å². The fraction of sp³-hybridized carbons (Fsp3) is 0.357. The van der Waals surface area contributed by atoms with Crippen LogP contribution in [-0.2, 0) is 13.5 Å². The van der Waals surface area contributed by atoms with Crippen LogP contribution < -0.4 is 11.1 Å². The van der Waals surface area contributed by atoms with E-state index in [0.29, 0.717) is 17.3 Å². The van der Waals surface area contributed by atoms with E-state index in [2.05, 4.69) is 10.4 Å². The number of halogens is 2. The molecule has 4 nitrogen and oxygen atoms in total. The molecule has 1 unspecified atom stereocenters. The lowest BCUT2D eigenvalue weighted by Crippen LogP contribution is -2.21. The van der Waals surface area contributed by atoms with Crippen LogP contribution in [0.15, 0.2) is 24.4 Å². The van der Waals surface area contributed by atoms with E-state index < -0.39 is 0 Å². The van der Waals surface area contributed by atoms with E-state index in [9.17, 15) is 4.39 Å². The summed E-state index contributed by atoms with van der Waals surface area (Å²) >= 11 is 6.07. The third kappa shape index (κ3) is 3.11. The average molecular weight is 297 g/mol. The molecule has 108 valence electrons. The van der Waals surface area contributed by atoms with Gasteiger partial charge in [-0.3, -0.25) is 4.68 Å². The van der Waals surface area contributed by atoms with E-state index in [1.54, 1.807) is 4.68 Å². The van der Waals surface area contributed by atoms with Gasteiger partial charge in [-0.05, 0) is 24.6 Å². The number of anilines is 1. The predicted molar refractivity (Wildman–Crippen MR) is 79.4 cm³/mol. The summed E-state index contributed by atoms with van der Waals surface area (Å²) in [5, 5.41) is 8.05. The van der Waals surface area contributed by atoms with Gasteiger partial charge in [0.05, 0.1) is 22.4 Å². The van der Waals surface area contributed by atoms with Crippen molar-refractivity contribution in [2.75, 3.05) is 11.9 Å². The molecule has 2 aromatic rings. The highest BCUT2D eigenvalue weighted by Gasteiger charge is 2.17. The molecule has 3 N–H and O–H groups in total. The lowest BCUT2D eigenvalue weighted by molar-refractivity contribution is 0.627. The molecule has 6 heteroatoms. The zero-order chi connectivity index (χ0) is 14.7. The Hall–Kier alpha value is -1.59. The van der Waals surface area contributed by atoms with Crippen molar-refractivity contribution in [2.45, 2.75) is 19.4 Å². The molecule has 0 spiro atoms. The van der Waals surface area contributed by atoms with Crippen LogP contribution in [0.2, 0.25) is 5.02 Å². The Morgan fingerprint density at radius 2 is 2.25 bits per heavy atom. The molecule has 0 radical (unpaired) electrons. The first-order chi connectivity index (χ1) is 9.55. The Morgan fingerprint density at radius 1 is 1.50 bits per heavy atom. The highest BCUT2D eigenvalue weighted by Crippen LogP contribution is 2.28. The Bertz CT molecular complexity index is 597. The molecule has 1 aromatic carbocycles. The molecule has 0 bridgehead atoms. The third-order valence-electron chi connectivity index (χ3n) is 3.14. The quantitative estimate of drug-likeness (QED) is 0.892. The van der Waals surface area contributed by atoms with E-state index in [1.165, 1.54) is 18.2 Å². The molecule has 0 aliphatic carbocycles. The van der Waals surface area contributed by atoms with Crippen molar-refractivity contribution in [3.05, 3.63) is 46.5 Å². The van der Waals surface area contributed by atoms with Crippen LogP contribution >= 0.6 is 11.6 Å². The minimum absolute atomic E-state index is 0.155. The number of rotatable bonds is 5. The zero-order valence-electron chi connectivity index (χ0n) is 11.5. The maximum absolute atomic E-state index is 13.3. The summed E-state index contributed by atoms with van der Waals surface area (Å²) in [6.07, 6.45) is 2.74. The van der Waals surface area contributed by atoms with Crippen molar-refractivity contribution in [1.82, 2.24) is 9.78 Å². The van der Waals surface area contributed by atoms with E-state index in [1.807, 2.05) is 20.2 Å². The summed E-state index contributed by atoms with van der Waals surface area (Å²) in [7, 11) is 1.87. The molecular weight excluding hydrogens is 279 g/mol.